The molecule has 2 heterocycles. The van der Waals surface area contributed by atoms with Crippen molar-refractivity contribution in [2.45, 2.75) is 44.3 Å². The molecule has 4 aromatic rings. The molecule has 2 atom stereocenters. The number of nitrogens with two attached hydrogens (primary N) is 1. The Bertz CT molecular complexity index is 1500. The van der Waals surface area contributed by atoms with Gasteiger partial charge in [0.05, 0.1) is 11.0 Å². The predicted octanol–water partition coefficient (Wildman–Crippen LogP) is 4.70. The third-order valence-electron chi connectivity index (χ3n) is 7.78. The summed E-state index contributed by atoms with van der Waals surface area (Å²) in [5, 5.41) is 2.69. The van der Waals surface area contributed by atoms with Crippen LogP contribution in [0.25, 0.3) is 21.8 Å². The normalized spacial score (nSPS) is 19.8. The zero-order valence-corrected chi connectivity index (χ0v) is 20.7. The second kappa shape index (κ2) is 8.10. The molecule has 174 valence electrons. The highest BCUT2D eigenvalue weighted by Crippen LogP contribution is 2.45. The summed E-state index contributed by atoms with van der Waals surface area (Å²) in [5.74, 6) is -0.500. The van der Waals surface area contributed by atoms with Crippen molar-refractivity contribution in [2.75, 3.05) is 13.1 Å². The summed E-state index contributed by atoms with van der Waals surface area (Å²) in [6, 6.07) is 18.4. The summed E-state index contributed by atoms with van der Waals surface area (Å²) in [6.07, 6.45) is 2.80. The molecule has 1 amide bonds. The van der Waals surface area contributed by atoms with Gasteiger partial charge in [0.2, 0.25) is 5.91 Å². The van der Waals surface area contributed by atoms with Gasteiger partial charge in [-0.15, -0.1) is 0 Å². The van der Waals surface area contributed by atoms with Gasteiger partial charge in [-0.2, -0.15) is 0 Å². The summed E-state index contributed by atoms with van der Waals surface area (Å²) in [4.78, 5) is 28.0. The lowest BCUT2D eigenvalue weighted by Gasteiger charge is -2.37. The van der Waals surface area contributed by atoms with Crippen molar-refractivity contribution in [3.8, 4) is 0 Å². The lowest BCUT2D eigenvalue weighted by Crippen LogP contribution is -2.40. The minimum atomic E-state index is -0.687. The highest BCUT2D eigenvalue weighted by molar-refractivity contribution is 9.10. The van der Waals surface area contributed by atoms with E-state index in [2.05, 4.69) is 51.2 Å². The fourth-order valence-corrected chi connectivity index (χ4v) is 6.68. The van der Waals surface area contributed by atoms with Gasteiger partial charge in [0.15, 0.2) is 0 Å². The van der Waals surface area contributed by atoms with Crippen LogP contribution in [0.2, 0.25) is 0 Å². The average Bonchev–Trinajstić information content (AvgIpc) is 3.37. The number of piperidine rings is 1. The van der Waals surface area contributed by atoms with Crippen LogP contribution in [0.5, 0.6) is 0 Å². The number of rotatable bonds is 4. The quantitative estimate of drug-likeness (QED) is 0.425. The molecule has 1 saturated heterocycles. The predicted molar refractivity (Wildman–Crippen MR) is 138 cm³/mol. The van der Waals surface area contributed by atoms with Gasteiger partial charge in [0.25, 0.3) is 0 Å². The van der Waals surface area contributed by atoms with Crippen LogP contribution in [0.3, 0.4) is 0 Å². The van der Waals surface area contributed by atoms with E-state index in [9.17, 15) is 9.59 Å². The molecule has 2 aliphatic rings. The van der Waals surface area contributed by atoms with E-state index in [0.29, 0.717) is 6.04 Å². The molecule has 0 saturated carbocycles. The van der Waals surface area contributed by atoms with E-state index in [-0.39, 0.29) is 11.7 Å². The maximum absolute atomic E-state index is 13.5. The van der Waals surface area contributed by atoms with Crippen molar-refractivity contribution in [1.82, 2.24) is 14.0 Å². The molecule has 2 unspecified atom stereocenters. The first-order valence-corrected chi connectivity index (χ1v) is 12.7. The zero-order valence-electron chi connectivity index (χ0n) is 19.1. The Balaban J connectivity index is 1.31. The molecule has 1 aliphatic carbocycles. The van der Waals surface area contributed by atoms with Gasteiger partial charge >= 0.3 is 5.69 Å². The van der Waals surface area contributed by atoms with Crippen molar-refractivity contribution >= 4 is 43.6 Å². The maximum atomic E-state index is 13.5. The summed E-state index contributed by atoms with van der Waals surface area (Å²) < 4.78 is 4.62. The fourth-order valence-electron chi connectivity index (χ4n) is 6.08. The molecule has 1 fully saturated rings. The number of carbonyl (C=O) groups is 1. The minimum Gasteiger partial charge on any atom is -0.368 e. The van der Waals surface area contributed by atoms with E-state index in [4.69, 9.17) is 5.73 Å². The van der Waals surface area contributed by atoms with Crippen molar-refractivity contribution in [2.24, 2.45) is 5.73 Å². The molecule has 34 heavy (non-hydrogen) atoms. The molecule has 0 radical (unpaired) electrons. The topological polar surface area (TPSA) is 73.3 Å². The maximum Gasteiger partial charge on any atom is 0.330 e. The van der Waals surface area contributed by atoms with Gasteiger partial charge in [-0.25, -0.2) is 4.79 Å². The first-order chi connectivity index (χ1) is 16.5. The van der Waals surface area contributed by atoms with E-state index in [0.717, 1.165) is 43.4 Å². The standard InChI is InChI=1S/C27H27BrN4O2/c1-16(26(29)33)31-21-7-2-3-8-22(21)32(27(31)34)19-11-13-30(14-12-19)23-15-18-6-4-5-17-9-10-20(28)25(23)24(17)18/h2-10,16,19,23H,11-15H2,1H3,(H2,29,33). The van der Waals surface area contributed by atoms with Gasteiger partial charge in [0, 0.05) is 29.6 Å². The molecular weight excluding hydrogens is 492 g/mol. The Morgan fingerprint density at radius 2 is 1.76 bits per heavy atom. The SMILES string of the molecule is CC(C(N)=O)n1c(=O)n(C2CCN(C3Cc4cccc5ccc(Br)c3c45)CC2)c2ccccc21. The van der Waals surface area contributed by atoms with Crippen molar-refractivity contribution in [1.29, 1.82) is 0 Å². The second-order valence-corrected chi connectivity index (χ2v) is 10.4. The van der Waals surface area contributed by atoms with Gasteiger partial charge in [-0.3, -0.25) is 18.8 Å². The number of hydrogen-bond donors (Lipinski definition) is 1. The molecule has 3 aromatic carbocycles. The lowest BCUT2D eigenvalue weighted by atomic mass is 9.99. The Hall–Kier alpha value is -2.90. The van der Waals surface area contributed by atoms with Gasteiger partial charge in [-0.05, 0) is 66.3 Å². The molecule has 7 heteroatoms. The summed E-state index contributed by atoms with van der Waals surface area (Å²) in [7, 11) is 0. The Morgan fingerprint density at radius 1 is 1.03 bits per heavy atom. The molecule has 1 aromatic heterocycles. The summed E-state index contributed by atoms with van der Waals surface area (Å²) in [5.41, 5.74) is 9.88. The minimum absolute atomic E-state index is 0.0954. The number of hydrogen-bond acceptors (Lipinski definition) is 3. The molecule has 1 aliphatic heterocycles. The molecule has 0 bridgehead atoms. The molecule has 0 spiro atoms. The number of primary amides is 1. The molecule has 6 nitrogen and oxygen atoms in total. The number of nitrogens with zero attached hydrogens (tertiary/aromatic N) is 3. The van der Waals surface area contributed by atoms with Crippen LogP contribution in [-0.2, 0) is 11.2 Å². The number of fused-ring (bicyclic) bond motifs is 1. The lowest BCUT2D eigenvalue weighted by molar-refractivity contribution is -0.120. The van der Waals surface area contributed by atoms with Crippen LogP contribution in [0.15, 0.2) is 63.9 Å². The van der Waals surface area contributed by atoms with E-state index >= 15 is 0 Å². The third kappa shape index (κ3) is 3.17. The third-order valence-corrected chi connectivity index (χ3v) is 8.47. The highest BCUT2D eigenvalue weighted by Gasteiger charge is 2.34. The number of amides is 1. The number of imidazole rings is 1. The number of halogens is 1. The van der Waals surface area contributed by atoms with Crippen LogP contribution in [0, 0.1) is 0 Å². The second-order valence-electron chi connectivity index (χ2n) is 9.55. The molecule has 6 rings (SSSR count). The van der Waals surface area contributed by atoms with Crippen LogP contribution in [-0.4, -0.2) is 33.0 Å². The van der Waals surface area contributed by atoms with Crippen molar-refractivity contribution < 1.29 is 4.79 Å². The smallest absolute Gasteiger partial charge is 0.330 e. The fraction of sp³-hybridized carbons (Fsp3) is 0.333. The first-order valence-electron chi connectivity index (χ1n) is 11.9. The van der Waals surface area contributed by atoms with E-state index in [1.807, 2.05) is 28.8 Å². The average molecular weight is 519 g/mol. The summed E-state index contributed by atoms with van der Waals surface area (Å²) >= 11 is 3.82. The van der Waals surface area contributed by atoms with Gasteiger partial charge in [-0.1, -0.05) is 52.3 Å². The summed E-state index contributed by atoms with van der Waals surface area (Å²) in [6.45, 7) is 3.53. The number of carbonyl (C=O) groups excluding carboxylic acids is 1. The zero-order chi connectivity index (χ0) is 23.6. The van der Waals surface area contributed by atoms with Crippen LogP contribution < -0.4 is 11.4 Å². The van der Waals surface area contributed by atoms with Gasteiger partial charge in [0.1, 0.15) is 6.04 Å². The number of likely N-dealkylation sites (tertiary alicyclic amines) is 1. The number of benzene rings is 3. The van der Waals surface area contributed by atoms with E-state index in [1.165, 1.54) is 26.4 Å². The van der Waals surface area contributed by atoms with Crippen LogP contribution in [0.4, 0.5) is 0 Å². The van der Waals surface area contributed by atoms with Gasteiger partial charge < -0.3 is 5.73 Å². The highest BCUT2D eigenvalue weighted by atomic mass is 79.9. The molecular formula is C27H27BrN4O2. The van der Waals surface area contributed by atoms with E-state index in [1.54, 1.807) is 11.5 Å². The Labute approximate surface area is 206 Å². The van der Waals surface area contributed by atoms with Crippen molar-refractivity contribution in [3.05, 3.63) is 80.7 Å². The number of para-hydroxylation sites is 2. The van der Waals surface area contributed by atoms with Crippen LogP contribution in [0.1, 0.15) is 49.0 Å². The number of aromatic nitrogens is 2. The Kier molecular flexibility index (Phi) is 5.15. The van der Waals surface area contributed by atoms with E-state index < -0.39 is 11.9 Å². The largest absolute Gasteiger partial charge is 0.368 e. The van der Waals surface area contributed by atoms with Crippen LogP contribution >= 0.6 is 15.9 Å². The monoisotopic (exact) mass is 518 g/mol. The molecule has 2 N–H and O–H groups in total. The van der Waals surface area contributed by atoms with Crippen molar-refractivity contribution in [3.63, 3.8) is 0 Å². The first kappa shape index (κ1) is 21.6. The Morgan fingerprint density at radius 3 is 2.50 bits per heavy atom.